The number of rotatable bonds is 9. The largest absolute Gasteiger partial charge is 0.322 e. The number of carbonyl (C=O) groups excluding carboxylic acids is 1. The third kappa shape index (κ3) is 6.23. The fourth-order valence-corrected chi connectivity index (χ4v) is 7.34. The molecule has 1 aromatic heterocycles. The van der Waals surface area contributed by atoms with Gasteiger partial charge in [-0.05, 0) is 67.6 Å². The zero-order valence-corrected chi connectivity index (χ0v) is 26.7. The molecule has 0 aliphatic rings. The van der Waals surface area contributed by atoms with Gasteiger partial charge in [-0.1, -0.05) is 54.1 Å². The van der Waals surface area contributed by atoms with Crippen LogP contribution < -0.4 is 19.9 Å². The van der Waals surface area contributed by atoms with Crippen LogP contribution in [0.15, 0.2) is 118 Å². The van der Waals surface area contributed by atoms with Gasteiger partial charge < -0.3 is 5.32 Å². The van der Waals surface area contributed by atoms with Crippen LogP contribution in [0.1, 0.15) is 16.1 Å². The Labute approximate surface area is 265 Å². The zero-order chi connectivity index (χ0) is 32.5. The number of sulfonamides is 2. The Morgan fingerprint density at radius 2 is 1.47 bits per heavy atom. The van der Waals surface area contributed by atoms with Gasteiger partial charge in [-0.2, -0.15) is 0 Å². The van der Waals surface area contributed by atoms with Crippen molar-refractivity contribution in [3.8, 4) is 5.69 Å². The molecule has 0 spiro atoms. The Morgan fingerprint density at radius 1 is 0.822 bits per heavy atom. The van der Waals surface area contributed by atoms with Crippen LogP contribution in [-0.4, -0.2) is 39.2 Å². The van der Waals surface area contributed by atoms with E-state index in [9.17, 15) is 26.4 Å². The molecule has 45 heavy (non-hydrogen) atoms. The summed E-state index contributed by atoms with van der Waals surface area (Å²) in [5.41, 5.74) is 0.774. The van der Waals surface area contributed by atoms with Gasteiger partial charge in [-0.25, -0.2) is 21.5 Å². The minimum atomic E-state index is -4.28. The van der Waals surface area contributed by atoms with Crippen LogP contribution in [0.5, 0.6) is 0 Å². The molecule has 2 N–H and O–H groups in total. The highest BCUT2D eigenvalue weighted by molar-refractivity contribution is 7.93. The molecule has 0 radical (unpaired) electrons. The number of aromatic nitrogens is 2. The molecular formula is C31H28ClN5O6S2. The summed E-state index contributed by atoms with van der Waals surface area (Å²) in [6.07, 6.45) is 0. The predicted molar refractivity (Wildman–Crippen MR) is 174 cm³/mol. The van der Waals surface area contributed by atoms with Gasteiger partial charge in [0.2, 0.25) is 0 Å². The Bertz CT molecular complexity index is 2200. The monoisotopic (exact) mass is 665 g/mol. The highest BCUT2D eigenvalue weighted by Crippen LogP contribution is 2.27. The van der Waals surface area contributed by atoms with Gasteiger partial charge in [0.1, 0.15) is 5.69 Å². The Kier molecular flexibility index (Phi) is 8.61. The van der Waals surface area contributed by atoms with E-state index in [1.165, 1.54) is 66.3 Å². The van der Waals surface area contributed by atoms with Crippen molar-refractivity contribution in [2.45, 2.75) is 16.7 Å². The van der Waals surface area contributed by atoms with Crippen LogP contribution in [0.3, 0.4) is 0 Å². The first-order valence-electron chi connectivity index (χ1n) is 13.4. The molecule has 0 saturated heterocycles. The number of anilines is 3. The fraction of sp³-hybridized carbons (Fsp3) is 0.0968. The lowest BCUT2D eigenvalue weighted by Gasteiger charge is -2.18. The van der Waals surface area contributed by atoms with Crippen molar-refractivity contribution >= 4 is 54.6 Å². The lowest BCUT2D eigenvalue weighted by molar-refractivity contribution is 0.102. The molecule has 0 fully saturated rings. The van der Waals surface area contributed by atoms with Crippen molar-refractivity contribution in [2.75, 3.05) is 21.4 Å². The predicted octanol–water partition coefficient (Wildman–Crippen LogP) is 5.02. The second-order valence-corrected chi connectivity index (χ2v) is 14.0. The summed E-state index contributed by atoms with van der Waals surface area (Å²) in [6, 6.07) is 26.1. The van der Waals surface area contributed by atoms with Crippen molar-refractivity contribution in [1.82, 2.24) is 9.36 Å². The molecule has 11 nitrogen and oxygen atoms in total. The highest BCUT2D eigenvalue weighted by Gasteiger charge is 2.29. The average Bonchev–Trinajstić information content (AvgIpc) is 3.25. The first kappa shape index (κ1) is 31.6. The standard InChI is InChI=1S/C31H28ClN5O6S2/c1-21-29(31(39)37(35(21)2)24-13-5-4-6-14-24)36(3)45(42,43)26-16-9-11-22(19-26)30(38)33-23-12-10-15-25(20-23)44(40,41)34-28-18-8-7-17-27(28)32/h4-20,34H,1-3H3,(H,33,38). The maximum atomic E-state index is 13.7. The van der Waals surface area contributed by atoms with Gasteiger partial charge in [-0.15, -0.1) is 0 Å². The average molecular weight is 666 g/mol. The Morgan fingerprint density at radius 3 is 2.18 bits per heavy atom. The molecule has 232 valence electrons. The summed E-state index contributed by atoms with van der Waals surface area (Å²) in [4.78, 5) is 26.3. The van der Waals surface area contributed by atoms with Gasteiger partial charge >= 0.3 is 0 Å². The Balaban J connectivity index is 1.40. The van der Waals surface area contributed by atoms with Crippen molar-refractivity contribution < 1.29 is 21.6 Å². The molecule has 1 heterocycles. The van der Waals surface area contributed by atoms with Gasteiger partial charge in [0, 0.05) is 25.3 Å². The number of amides is 1. The number of halogens is 1. The van der Waals surface area contributed by atoms with E-state index in [-0.39, 0.29) is 37.4 Å². The summed E-state index contributed by atoms with van der Waals surface area (Å²) in [7, 11) is -5.39. The number of hydrogen-bond donors (Lipinski definition) is 2. The summed E-state index contributed by atoms with van der Waals surface area (Å²) in [5, 5.41) is 2.83. The zero-order valence-electron chi connectivity index (χ0n) is 24.3. The molecule has 1 amide bonds. The number of para-hydroxylation sites is 2. The van der Waals surface area contributed by atoms with E-state index in [0.717, 1.165) is 4.31 Å². The van der Waals surface area contributed by atoms with Crippen molar-refractivity contribution in [1.29, 1.82) is 0 Å². The summed E-state index contributed by atoms with van der Waals surface area (Å²) in [5.74, 6) is -0.675. The molecule has 0 aliphatic carbocycles. The van der Waals surface area contributed by atoms with Crippen LogP contribution in [0.2, 0.25) is 5.02 Å². The highest BCUT2D eigenvalue weighted by atomic mass is 35.5. The van der Waals surface area contributed by atoms with Gasteiger partial charge in [0.25, 0.3) is 31.5 Å². The van der Waals surface area contributed by atoms with Gasteiger partial charge in [-0.3, -0.25) is 23.3 Å². The third-order valence-electron chi connectivity index (χ3n) is 7.11. The quantitative estimate of drug-likeness (QED) is 0.227. The molecule has 4 aromatic carbocycles. The van der Waals surface area contributed by atoms with Crippen molar-refractivity contribution in [2.24, 2.45) is 7.05 Å². The maximum absolute atomic E-state index is 13.7. The maximum Gasteiger partial charge on any atom is 0.296 e. The number of nitrogens with zero attached hydrogens (tertiary/aromatic N) is 3. The molecule has 0 aliphatic heterocycles. The van der Waals surface area contributed by atoms with Crippen LogP contribution in [-0.2, 0) is 27.1 Å². The summed E-state index contributed by atoms with van der Waals surface area (Å²) >= 11 is 6.09. The van der Waals surface area contributed by atoms with E-state index in [1.807, 2.05) is 6.07 Å². The lowest BCUT2D eigenvalue weighted by atomic mass is 10.2. The van der Waals surface area contributed by atoms with Crippen LogP contribution in [0.25, 0.3) is 5.69 Å². The van der Waals surface area contributed by atoms with E-state index in [1.54, 1.807) is 61.1 Å². The minimum absolute atomic E-state index is 0.00147. The SMILES string of the molecule is Cc1c(N(C)S(=O)(=O)c2cccc(C(=O)Nc3cccc(S(=O)(=O)Nc4ccccc4Cl)c3)c2)c(=O)n(-c2ccccc2)n1C. The molecule has 0 unspecified atom stereocenters. The summed E-state index contributed by atoms with van der Waals surface area (Å²) < 4.78 is 59.6. The number of nitrogens with one attached hydrogen (secondary N) is 2. The third-order valence-corrected chi connectivity index (χ3v) is 10.6. The van der Waals surface area contributed by atoms with Crippen molar-refractivity contribution in [3.05, 3.63) is 130 Å². The van der Waals surface area contributed by atoms with E-state index >= 15 is 0 Å². The van der Waals surface area contributed by atoms with Gasteiger partial charge in [0.15, 0.2) is 0 Å². The molecule has 0 saturated carbocycles. The minimum Gasteiger partial charge on any atom is -0.322 e. The van der Waals surface area contributed by atoms with Gasteiger partial charge in [0.05, 0.1) is 31.9 Å². The van der Waals surface area contributed by atoms with E-state index < -0.39 is 31.5 Å². The smallest absolute Gasteiger partial charge is 0.296 e. The van der Waals surface area contributed by atoms with Crippen LogP contribution >= 0.6 is 11.6 Å². The normalized spacial score (nSPS) is 11.6. The number of carbonyl (C=O) groups is 1. The van der Waals surface area contributed by atoms with Crippen LogP contribution in [0, 0.1) is 6.92 Å². The lowest BCUT2D eigenvalue weighted by Crippen LogP contribution is -2.32. The molecule has 5 rings (SSSR count). The summed E-state index contributed by atoms with van der Waals surface area (Å²) in [6.45, 7) is 1.64. The molecule has 0 bridgehead atoms. The van der Waals surface area contributed by atoms with E-state index in [2.05, 4.69) is 10.0 Å². The molecular weight excluding hydrogens is 638 g/mol. The first-order chi connectivity index (χ1) is 21.3. The van der Waals surface area contributed by atoms with Crippen molar-refractivity contribution in [3.63, 3.8) is 0 Å². The van der Waals surface area contributed by atoms with E-state index in [0.29, 0.717) is 11.4 Å². The number of benzene rings is 4. The van der Waals surface area contributed by atoms with E-state index in [4.69, 9.17) is 11.6 Å². The number of hydrogen-bond acceptors (Lipinski definition) is 6. The topological polar surface area (TPSA) is 140 Å². The fourth-order valence-electron chi connectivity index (χ4n) is 4.68. The molecule has 5 aromatic rings. The first-order valence-corrected chi connectivity index (χ1v) is 16.7. The Hall–Kier alpha value is -4.85. The van der Waals surface area contributed by atoms with Crippen LogP contribution in [0.4, 0.5) is 17.1 Å². The second kappa shape index (κ2) is 12.3. The second-order valence-electron chi connectivity index (χ2n) is 9.98. The molecule has 0 atom stereocenters. The molecule has 14 heteroatoms.